The third kappa shape index (κ3) is 3.88. The van der Waals surface area contributed by atoms with Crippen LogP contribution >= 0.6 is 0 Å². The minimum Gasteiger partial charge on any atom is -0.452 e. The summed E-state index contributed by atoms with van der Waals surface area (Å²) in [6.45, 7) is 5.76. The molecule has 3 rings (SSSR count). The van der Waals surface area contributed by atoms with Crippen molar-refractivity contribution in [3.8, 4) is 0 Å². The van der Waals surface area contributed by atoms with Gasteiger partial charge in [-0.25, -0.2) is 0 Å². The number of carbonyl (C=O) groups excluding carboxylic acids is 1. The Morgan fingerprint density at radius 2 is 1.81 bits per heavy atom. The van der Waals surface area contributed by atoms with Crippen molar-refractivity contribution in [1.29, 1.82) is 0 Å². The molecular weight excluding hydrogens is 322 g/mol. The fourth-order valence-corrected chi connectivity index (χ4v) is 3.72. The molecule has 136 valence electrons. The third-order valence-electron chi connectivity index (χ3n) is 5.29. The Morgan fingerprint density at radius 3 is 2.46 bits per heavy atom. The molecule has 2 unspecified atom stereocenters. The highest BCUT2D eigenvalue weighted by molar-refractivity contribution is 5.70. The van der Waals surface area contributed by atoms with Crippen LogP contribution in [0.15, 0.2) is 66.7 Å². The van der Waals surface area contributed by atoms with Gasteiger partial charge in [0.25, 0.3) is 0 Å². The van der Waals surface area contributed by atoms with Crippen molar-refractivity contribution in [2.75, 3.05) is 13.1 Å². The van der Waals surface area contributed by atoms with Crippen molar-refractivity contribution < 1.29 is 9.53 Å². The number of esters is 1. The number of hydrogen-bond acceptors (Lipinski definition) is 3. The second-order valence-electron chi connectivity index (χ2n) is 6.82. The zero-order chi connectivity index (χ0) is 18.4. The first-order valence-corrected chi connectivity index (χ1v) is 9.38. The highest BCUT2D eigenvalue weighted by Gasteiger charge is 2.48. The molecule has 0 amide bonds. The molecule has 0 N–H and O–H groups in total. The molecule has 3 nitrogen and oxygen atoms in total. The summed E-state index contributed by atoms with van der Waals surface area (Å²) in [5.41, 5.74) is 1.73. The molecule has 1 fully saturated rings. The number of rotatable bonds is 6. The quantitative estimate of drug-likeness (QED) is 0.712. The number of carbonyl (C=O) groups is 1. The Morgan fingerprint density at radius 1 is 1.15 bits per heavy atom. The lowest BCUT2D eigenvalue weighted by atomic mass is 9.87. The van der Waals surface area contributed by atoms with E-state index >= 15 is 0 Å². The smallest absolute Gasteiger partial charge is 0.306 e. The SMILES string of the molecule is CCC(=O)OC1(c2ccccc2)CCN(CC=Cc2ccccc2)C1C. The van der Waals surface area contributed by atoms with Gasteiger partial charge in [0.15, 0.2) is 5.60 Å². The van der Waals surface area contributed by atoms with E-state index in [4.69, 9.17) is 4.74 Å². The first-order valence-electron chi connectivity index (χ1n) is 9.38. The van der Waals surface area contributed by atoms with Gasteiger partial charge in [-0.05, 0) is 18.1 Å². The lowest BCUT2D eigenvalue weighted by Gasteiger charge is -2.36. The Bertz CT molecular complexity index is 741. The highest BCUT2D eigenvalue weighted by atomic mass is 16.6. The molecule has 0 spiro atoms. The largest absolute Gasteiger partial charge is 0.452 e. The van der Waals surface area contributed by atoms with Crippen molar-refractivity contribution in [1.82, 2.24) is 4.90 Å². The van der Waals surface area contributed by atoms with Crippen molar-refractivity contribution in [2.45, 2.75) is 38.3 Å². The maximum Gasteiger partial charge on any atom is 0.306 e. The molecule has 1 aliphatic heterocycles. The summed E-state index contributed by atoms with van der Waals surface area (Å²) < 4.78 is 6.04. The van der Waals surface area contributed by atoms with Crippen LogP contribution in [0.3, 0.4) is 0 Å². The summed E-state index contributed by atoms with van der Waals surface area (Å²) in [5.74, 6) is -0.137. The average molecular weight is 349 g/mol. The molecule has 3 heteroatoms. The predicted molar refractivity (Wildman–Crippen MR) is 106 cm³/mol. The van der Waals surface area contributed by atoms with Gasteiger partial charge >= 0.3 is 5.97 Å². The van der Waals surface area contributed by atoms with Crippen LogP contribution in [0.1, 0.15) is 37.8 Å². The Balaban J connectivity index is 1.77. The van der Waals surface area contributed by atoms with E-state index in [1.165, 1.54) is 5.56 Å². The summed E-state index contributed by atoms with van der Waals surface area (Å²) in [6, 6.07) is 20.6. The monoisotopic (exact) mass is 349 g/mol. The number of nitrogens with zero attached hydrogens (tertiary/aromatic N) is 1. The topological polar surface area (TPSA) is 29.5 Å². The van der Waals surface area contributed by atoms with Crippen molar-refractivity contribution in [3.63, 3.8) is 0 Å². The molecular formula is C23H27NO2. The van der Waals surface area contributed by atoms with Crippen LogP contribution in [0.2, 0.25) is 0 Å². The second-order valence-corrected chi connectivity index (χ2v) is 6.82. The lowest BCUT2D eigenvalue weighted by molar-refractivity contribution is -0.163. The summed E-state index contributed by atoms with van der Waals surface area (Å²) in [6.07, 6.45) is 5.56. The predicted octanol–water partition coefficient (Wildman–Crippen LogP) is 4.64. The molecule has 26 heavy (non-hydrogen) atoms. The molecule has 2 aromatic carbocycles. The van der Waals surface area contributed by atoms with Crippen LogP contribution in [0.25, 0.3) is 6.08 Å². The second kappa shape index (κ2) is 8.33. The van der Waals surface area contributed by atoms with Crippen LogP contribution in [0, 0.1) is 0 Å². The van der Waals surface area contributed by atoms with Gasteiger partial charge in [0.05, 0.1) is 6.04 Å². The van der Waals surface area contributed by atoms with Crippen LogP contribution in [-0.4, -0.2) is 30.0 Å². The third-order valence-corrected chi connectivity index (χ3v) is 5.29. The van der Waals surface area contributed by atoms with Gasteiger partial charge in [0.2, 0.25) is 0 Å². The van der Waals surface area contributed by atoms with Crippen LogP contribution in [0.4, 0.5) is 0 Å². The standard InChI is InChI=1S/C23H27NO2/c1-3-22(25)26-23(21-14-8-5-9-15-21)16-18-24(19(23)2)17-10-13-20-11-6-4-7-12-20/h4-15,19H,3,16-18H2,1-2H3. The van der Waals surface area contributed by atoms with Gasteiger partial charge < -0.3 is 4.74 Å². The van der Waals surface area contributed by atoms with Gasteiger partial charge in [-0.3, -0.25) is 9.69 Å². The van der Waals surface area contributed by atoms with E-state index in [0.717, 1.165) is 25.1 Å². The average Bonchev–Trinajstić information content (AvgIpc) is 3.00. The maximum absolute atomic E-state index is 12.1. The van der Waals surface area contributed by atoms with Gasteiger partial charge in [0, 0.05) is 25.9 Å². The lowest BCUT2D eigenvalue weighted by Crippen LogP contribution is -2.43. The van der Waals surface area contributed by atoms with E-state index in [0.29, 0.717) is 6.42 Å². The molecule has 0 radical (unpaired) electrons. The molecule has 0 bridgehead atoms. The zero-order valence-corrected chi connectivity index (χ0v) is 15.6. The van der Waals surface area contributed by atoms with Crippen molar-refractivity contribution in [2.24, 2.45) is 0 Å². The molecule has 2 aromatic rings. The number of likely N-dealkylation sites (tertiary alicyclic amines) is 1. The Labute approximate surface area is 156 Å². The molecule has 1 aliphatic rings. The molecule has 0 saturated carbocycles. The molecule has 0 aliphatic carbocycles. The van der Waals surface area contributed by atoms with E-state index in [2.05, 4.69) is 48.2 Å². The van der Waals surface area contributed by atoms with Crippen LogP contribution in [-0.2, 0) is 15.1 Å². The van der Waals surface area contributed by atoms with E-state index in [-0.39, 0.29) is 12.0 Å². The number of ether oxygens (including phenoxy) is 1. The summed E-state index contributed by atoms with van der Waals surface area (Å²) in [5, 5.41) is 0. The summed E-state index contributed by atoms with van der Waals surface area (Å²) >= 11 is 0. The minimum absolute atomic E-state index is 0.126. The molecule has 2 atom stereocenters. The molecule has 1 saturated heterocycles. The number of hydrogen-bond donors (Lipinski definition) is 0. The van der Waals surface area contributed by atoms with Crippen molar-refractivity contribution >= 4 is 12.0 Å². The summed E-state index contributed by atoms with van der Waals surface area (Å²) in [7, 11) is 0. The summed E-state index contributed by atoms with van der Waals surface area (Å²) in [4.78, 5) is 14.5. The first kappa shape index (κ1) is 18.4. The zero-order valence-electron chi connectivity index (χ0n) is 15.6. The van der Waals surface area contributed by atoms with E-state index in [1.807, 2.05) is 43.3 Å². The molecule has 0 aromatic heterocycles. The van der Waals surface area contributed by atoms with Gasteiger partial charge in [-0.1, -0.05) is 79.7 Å². The number of benzene rings is 2. The van der Waals surface area contributed by atoms with Gasteiger partial charge in [-0.2, -0.15) is 0 Å². The van der Waals surface area contributed by atoms with Crippen LogP contribution < -0.4 is 0 Å². The molecule has 1 heterocycles. The fraction of sp³-hybridized carbons (Fsp3) is 0.348. The Kier molecular flexibility index (Phi) is 5.89. The van der Waals surface area contributed by atoms with Gasteiger partial charge in [-0.15, -0.1) is 0 Å². The van der Waals surface area contributed by atoms with Gasteiger partial charge in [0.1, 0.15) is 0 Å². The van der Waals surface area contributed by atoms with Crippen LogP contribution in [0.5, 0.6) is 0 Å². The Hall–Kier alpha value is -2.39. The van der Waals surface area contributed by atoms with E-state index in [9.17, 15) is 4.79 Å². The van der Waals surface area contributed by atoms with E-state index < -0.39 is 5.60 Å². The van der Waals surface area contributed by atoms with Crippen molar-refractivity contribution in [3.05, 3.63) is 77.9 Å². The first-order chi connectivity index (χ1) is 12.7. The highest BCUT2D eigenvalue weighted by Crippen LogP contribution is 2.41. The maximum atomic E-state index is 12.1. The minimum atomic E-state index is -0.561. The fourth-order valence-electron chi connectivity index (χ4n) is 3.72. The normalized spacial score (nSPS) is 23.4. The van der Waals surface area contributed by atoms with E-state index in [1.54, 1.807) is 0 Å².